The van der Waals surface area contributed by atoms with Gasteiger partial charge in [0.05, 0.1) is 22.5 Å². The lowest BCUT2D eigenvalue weighted by Crippen LogP contribution is -2.04. The Bertz CT molecular complexity index is 1180. The Balaban J connectivity index is 1.83. The highest BCUT2D eigenvalue weighted by Crippen LogP contribution is 2.31. The van der Waals surface area contributed by atoms with Gasteiger partial charge in [0.25, 0.3) is 0 Å². The van der Waals surface area contributed by atoms with Crippen LogP contribution in [0, 0.1) is 5.82 Å². The number of nitrogens with zero attached hydrogens (tertiary/aromatic N) is 4. The first-order valence-corrected chi connectivity index (χ1v) is 9.89. The van der Waals surface area contributed by atoms with Crippen LogP contribution in [0.2, 0.25) is 0 Å². The molecule has 0 atom stereocenters. The zero-order valence-electron chi connectivity index (χ0n) is 12.9. The minimum atomic E-state index is -3.50. The summed E-state index contributed by atoms with van der Waals surface area (Å²) in [4.78, 5) is 13.9. The molecule has 0 aliphatic carbocycles. The molecule has 126 valence electrons. The van der Waals surface area contributed by atoms with Gasteiger partial charge >= 0.3 is 0 Å². The average Bonchev–Trinajstić information content (AvgIpc) is 3.15. The largest absolute Gasteiger partial charge is 0.288 e. The van der Waals surface area contributed by atoms with Crippen LogP contribution in [0.5, 0.6) is 0 Å². The van der Waals surface area contributed by atoms with Gasteiger partial charge in [0.1, 0.15) is 5.82 Å². The van der Waals surface area contributed by atoms with E-state index in [9.17, 15) is 12.8 Å². The van der Waals surface area contributed by atoms with Crippen LogP contribution in [0.1, 0.15) is 0 Å². The molecule has 0 bridgehead atoms. The van der Waals surface area contributed by atoms with E-state index in [1.165, 1.54) is 29.7 Å². The lowest BCUT2D eigenvalue weighted by molar-refractivity contribution is 0.593. The highest BCUT2D eigenvalue weighted by atomic mass is 32.2. The molecule has 9 heteroatoms. The van der Waals surface area contributed by atoms with Gasteiger partial charge in [-0.25, -0.2) is 27.8 Å². The van der Waals surface area contributed by atoms with Crippen molar-refractivity contribution in [1.29, 1.82) is 0 Å². The first kappa shape index (κ1) is 15.9. The second-order valence-corrected chi connectivity index (χ2v) is 8.31. The van der Waals surface area contributed by atoms with E-state index in [2.05, 4.69) is 15.0 Å². The van der Waals surface area contributed by atoms with Crippen molar-refractivity contribution in [3.63, 3.8) is 0 Å². The lowest BCUT2D eigenvalue weighted by atomic mass is 10.2. The molecule has 0 fully saturated rings. The number of rotatable bonds is 3. The second kappa shape index (κ2) is 5.71. The van der Waals surface area contributed by atoms with Crippen LogP contribution in [-0.4, -0.2) is 34.0 Å². The number of sulfone groups is 1. The van der Waals surface area contributed by atoms with Crippen molar-refractivity contribution >= 4 is 26.1 Å². The Kier molecular flexibility index (Phi) is 3.62. The third-order valence-electron chi connectivity index (χ3n) is 3.57. The summed E-state index contributed by atoms with van der Waals surface area (Å²) in [6.45, 7) is 0. The van der Waals surface area contributed by atoms with E-state index < -0.39 is 9.84 Å². The van der Waals surface area contributed by atoms with Gasteiger partial charge in [-0.3, -0.25) is 4.40 Å². The summed E-state index contributed by atoms with van der Waals surface area (Å²) in [6.07, 6.45) is 5.98. The summed E-state index contributed by atoms with van der Waals surface area (Å²) < 4.78 is 38.2. The van der Waals surface area contributed by atoms with Gasteiger partial charge in [-0.1, -0.05) is 23.5 Å². The van der Waals surface area contributed by atoms with E-state index in [0.29, 0.717) is 11.4 Å². The molecule has 6 nitrogen and oxygen atoms in total. The quantitative estimate of drug-likeness (QED) is 0.515. The third-order valence-corrected chi connectivity index (χ3v) is 5.47. The summed E-state index contributed by atoms with van der Waals surface area (Å²) in [5.41, 5.74) is 2.00. The van der Waals surface area contributed by atoms with Crippen LogP contribution in [0.25, 0.3) is 26.8 Å². The number of fused-ring (bicyclic) bond motifs is 1. The Morgan fingerprint density at radius 3 is 2.60 bits per heavy atom. The first-order chi connectivity index (χ1) is 11.9. The topological polar surface area (TPSA) is 77.2 Å². The standard InChI is InChI=1S/C16H11FN4O2S2/c1-25(22,23)15-18-7-6-12(20-15)13-8-19-16-21(13)9-14(24-16)10-2-4-11(17)5-3-10/h2-9H,1H3. The Morgan fingerprint density at radius 2 is 1.88 bits per heavy atom. The number of halogens is 1. The summed E-state index contributed by atoms with van der Waals surface area (Å²) >= 11 is 1.45. The van der Waals surface area contributed by atoms with Gasteiger partial charge < -0.3 is 0 Å². The van der Waals surface area contributed by atoms with Crippen molar-refractivity contribution in [3.8, 4) is 21.8 Å². The van der Waals surface area contributed by atoms with Gasteiger partial charge in [-0.05, 0) is 23.8 Å². The molecule has 4 aromatic rings. The zero-order valence-corrected chi connectivity index (χ0v) is 14.6. The summed E-state index contributed by atoms with van der Waals surface area (Å²) in [5.74, 6) is -0.292. The van der Waals surface area contributed by atoms with Crippen LogP contribution in [0.3, 0.4) is 0 Å². The molecule has 0 aliphatic heterocycles. The molecule has 0 N–H and O–H groups in total. The Labute approximate surface area is 146 Å². The molecule has 4 rings (SSSR count). The van der Waals surface area contributed by atoms with Crippen LogP contribution >= 0.6 is 11.3 Å². The van der Waals surface area contributed by atoms with E-state index in [0.717, 1.165) is 21.7 Å². The monoisotopic (exact) mass is 374 g/mol. The molecule has 3 aromatic heterocycles. The smallest absolute Gasteiger partial charge is 0.247 e. The number of hydrogen-bond acceptors (Lipinski definition) is 6. The van der Waals surface area contributed by atoms with Crippen LogP contribution < -0.4 is 0 Å². The number of aromatic nitrogens is 4. The molecular weight excluding hydrogens is 363 g/mol. The van der Waals surface area contributed by atoms with Gasteiger partial charge in [0.2, 0.25) is 15.0 Å². The molecule has 3 heterocycles. The Morgan fingerprint density at radius 1 is 1.12 bits per heavy atom. The maximum Gasteiger partial charge on any atom is 0.247 e. The third kappa shape index (κ3) is 2.92. The molecule has 0 unspecified atom stereocenters. The van der Waals surface area contributed by atoms with E-state index in [4.69, 9.17) is 0 Å². The predicted octanol–water partition coefficient (Wildman–Crippen LogP) is 3.06. The number of imidazole rings is 1. The van der Waals surface area contributed by atoms with E-state index in [1.807, 2.05) is 10.6 Å². The van der Waals surface area contributed by atoms with E-state index in [-0.39, 0.29) is 11.0 Å². The van der Waals surface area contributed by atoms with Gasteiger partial charge in [0.15, 0.2) is 4.96 Å². The van der Waals surface area contributed by atoms with Gasteiger partial charge in [-0.2, -0.15) is 0 Å². The predicted molar refractivity (Wildman–Crippen MR) is 92.6 cm³/mol. The second-order valence-electron chi connectivity index (χ2n) is 5.39. The number of benzene rings is 1. The van der Waals surface area contributed by atoms with Crippen LogP contribution in [-0.2, 0) is 9.84 Å². The van der Waals surface area contributed by atoms with Crippen LogP contribution in [0.4, 0.5) is 4.39 Å². The highest BCUT2D eigenvalue weighted by Gasteiger charge is 2.16. The van der Waals surface area contributed by atoms with Crippen molar-refractivity contribution < 1.29 is 12.8 Å². The van der Waals surface area contributed by atoms with Crippen molar-refractivity contribution in [2.75, 3.05) is 6.26 Å². The maximum atomic E-state index is 13.1. The molecule has 0 radical (unpaired) electrons. The number of thiazole rings is 1. The summed E-state index contributed by atoms with van der Waals surface area (Å²) in [5, 5.41) is -0.228. The molecule has 0 spiro atoms. The molecule has 25 heavy (non-hydrogen) atoms. The molecule has 0 amide bonds. The molecule has 1 aromatic carbocycles. The lowest BCUT2D eigenvalue weighted by Gasteiger charge is -2.01. The SMILES string of the molecule is CS(=O)(=O)c1nccc(-c2cnc3sc(-c4ccc(F)cc4)cn23)n1. The molecule has 0 aliphatic rings. The fourth-order valence-corrected chi connectivity index (χ4v) is 3.87. The van der Waals surface area contributed by atoms with Gasteiger partial charge in [-0.15, -0.1) is 0 Å². The average molecular weight is 374 g/mol. The van der Waals surface area contributed by atoms with Crippen LogP contribution in [0.15, 0.2) is 54.1 Å². The molecule has 0 saturated carbocycles. The van der Waals surface area contributed by atoms with E-state index >= 15 is 0 Å². The summed E-state index contributed by atoms with van der Waals surface area (Å²) in [6, 6.07) is 7.84. The zero-order chi connectivity index (χ0) is 17.6. The Hall–Kier alpha value is -2.65. The fraction of sp³-hybridized carbons (Fsp3) is 0.0625. The normalized spacial score (nSPS) is 11.9. The molecular formula is C16H11FN4O2S2. The summed E-state index contributed by atoms with van der Waals surface area (Å²) in [7, 11) is -3.50. The maximum absolute atomic E-state index is 13.1. The molecule has 0 saturated heterocycles. The number of hydrogen-bond donors (Lipinski definition) is 0. The minimum absolute atomic E-state index is 0.228. The van der Waals surface area contributed by atoms with Gasteiger partial charge in [0, 0.05) is 18.6 Å². The minimum Gasteiger partial charge on any atom is -0.288 e. The fourth-order valence-electron chi connectivity index (χ4n) is 2.39. The van der Waals surface area contributed by atoms with Crippen molar-refractivity contribution in [2.45, 2.75) is 5.16 Å². The highest BCUT2D eigenvalue weighted by molar-refractivity contribution is 7.90. The van der Waals surface area contributed by atoms with Crippen molar-refractivity contribution in [2.24, 2.45) is 0 Å². The van der Waals surface area contributed by atoms with E-state index in [1.54, 1.807) is 24.4 Å². The first-order valence-electron chi connectivity index (χ1n) is 7.18. The van der Waals surface area contributed by atoms with Crippen molar-refractivity contribution in [3.05, 3.63) is 54.7 Å². The van der Waals surface area contributed by atoms with Crippen molar-refractivity contribution in [1.82, 2.24) is 19.4 Å².